The van der Waals surface area contributed by atoms with Gasteiger partial charge in [0.2, 0.25) is 0 Å². The van der Waals surface area contributed by atoms with Gasteiger partial charge in [-0.2, -0.15) is 0 Å². The molecule has 0 aromatic heterocycles. The number of hydrogen-bond donors (Lipinski definition) is 1. The van der Waals surface area contributed by atoms with E-state index < -0.39 is 0 Å². The van der Waals surface area contributed by atoms with Crippen LogP contribution in [0, 0.1) is 0 Å². The van der Waals surface area contributed by atoms with Gasteiger partial charge in [-0.15, -0.1) is 0 Å². The van der Waals surface area contributed by atoms with Gasteiger partial charge in [-0.3, -0.25) is 0 Å². The first-order chi connectivity index (χ1) is 3.39. The van der Waals surface area contributed by atoms with Gasteiger partial charge < -0.3 is 5.23 Å². The van der Waals surface area contributed by atoms with Crippen molar-refractivity contribution in [1.29, 1.82) is 0 Å². The highest BCUT2D eigenvalue weighted by molar-refractivity contribution is 6.60. The molecule has 0 aromatic rings. The second-order valence-corrected chi connectivity index (χ2v) is 1.70. The van der Waals surface area contributed by atoms with Crippen molar-refractivity contribution in [3.05, 3.63) is 24.3 Å². The number of allylic oxidation sites excluding steroid dienone is 2. The van der Waals surface area contributed by atoms with Gasteiger partial charge >= 0.3 is 0 Å². The fraction of sp³-hybridized carbons (Fsp3) is 0.200. The third kappa shape index (κ3) is 1.11. The van der Waals surface area contributed by atoms with Crippen molar-refractivity contribution < 1.29 is 0 Å². The summed E-state index contributed by atoms with van der Waals surface area (Å²) in [7, 11) is 0. The predicted octanol–water partition coefficient (Wildman–Crippen LogP) is 0.820. The molecule has 2 heteroatoms. The quantitative estimate of drug-likeness (QED) is 0.437. The normalized spacial score (nSPS) is 17.0. The van der Waals surface area contributed by atoms with E-state index >= 15 is 0 Å². The summed E-state index contributed by atoms with van der Waals surface area (Å²) in [6, 6.07) is 0. The van der Waals surface area contributed by atoms with Gasteiger partial charge in [-0.05, 0) is 12.3 Å². The van der Waals surface area contributed by atoms with Crippen LogP contribution < -0.4 is 5.23 Å². The molecule has 0 saturated carbocycles. The average Bonchev–Trinajstić information content (AvgIpc) is 1.69. The van der Waals surface area contributed by atoms with Crippen LogP contribution in [-0.4, -0.2) is 6.85 Å². The van der Waals surface area contributed by atoms with Crippen molar-refractivity contribution in [3.8, 4) is 0 Å². The van der Waals surface area contributed by atoms with E-state index in [1.54, 1.807) is 0 Å². The lowest BCUT2D eigenvalue weighted by atomic mass is 9.64. The first-order valence-electron chi connectivity index (χ1n) is 2.49. The predicted molar refractivity (Wildman–Crippen MR) is 33.0 cm³/mol. The SMILES string of the molecule is CB1C=CC=CN1. The molecule has 1 nitrogen and oxygen atoms in total. The maximum absolute atomic E-state index is 3.11. The Bertz CT molecular complexity index is 107. The summed E-state index contributed by atoms with van der Waals surface area (Å²) in [5.74, 6) is 2.11. The van der Waals surface area contributed by atoms with Crippen molar-refractivity contribution >= 4 is 6.85 Å². The van der Waals surface area contributed by atoms with Gasteiger partial charge in [0.1, 0.15) is 0 Å². The molecule has 0 bridgehead atoms. The Hall–Kier alpha value is -0.655. The van der Waals surface area contributed by atoms with Crippen LogP contribution >= 0.6 is 0 Å². The van der Waals surface area contributed by atoms with Gasteiger partial charge in [0.05, 0.1) is 0 Å². The lowest BCUT2D eigenvalue weighted by Crippen LogP contribution is -2.24. The van der Waals surface area contributed by atoms with Crippen LogP contribution in [0.15, 0.2) is 24.3 Å². The summed E-state index contributed by atoms with van der Waals surface area (Å²) >= 11 is 0. The summed E-state index contributed by atoms with van der Waals surface area (Å²) in [5, 5.41) is 3.11. The zero-order valence-corrected chi connectivity index (χ0v) is 4.39. The molecule has 0 aromatic carbocycles. The molecule has 0 amide bonds. The van der Waals surface area contributed by atoms with Crippen LogP contribution in [0.4, 0.5) is 0 Å². The molecular formula is C5H8BN. The van der Waals surface area contributed by atoms with E-state index in [0.29, 0.717) is 6.85 Å². The molecule has 0 spiro atoms. The maximum atomic E-state index is 3.11. The van der Waals surface area contributed by atoms with Gasteiger partial charge in [0.15, 0.2) is 0 Å². The van der Waals surface area contributed by atoms with E-state index in [4.69, 9.17) is 0 Å². The largest absolute Gasteiger partial charge is 0.431 e. The molecule has 7 heavy (non-hydrogen) atoms. The highest BCUT2D eigenvalue weighted by atomic mass is 14.7. The summed E-state index contributed by atoms with van der Waals surface area (Å²) in [4.78, 5) is 0. The molecule has 1 heterocycles. The minimum Gasteiger partial charge on any atom is -0.431 e. The van der Waals surface area contributed by atoms with E-state index in [1.165, 1.54) is 0 Å². The van der Waals surface area contributed by atoms with Crippen LogP contribution in [0.5, 0.6) is 0 Å². The molecule has 1 aliphatic heterocycles. The van der Waals surface area contributed by atoms with Crippen molar-refractivity contribution in [2.24, 2.45) is 0 Å². The van der Waals surface area contributed by atoms with Crippen LogP contribution in [-0.2, 0) is 0 Å². The summed E-state index contributed by atoms with van der Waals surface area (Å²) in [5.41, 5.74) is 0. The summed E-state index contributed by atoms with van der Waals surface area (Å²) < 4.78 is 0. The monoisotopic (exact) mass is 93.1 g/mol. The second-order valence-electron chi connectivity index (χ2n) is 1.70. The maximum Gasteiger partial charge on any atom is 0.274 e. The van der Waals surface area contributed by atoms with E-state index in [9.17, 15) is 0 Å². The fourth-order valence-corrected chi connectivity index (χ4v) is 0.549. The summed E-state index contributed by atoms with van der Waals surface area (Å²) in [6.45, 7) is 2.63. The zero-order valence-electron chi connectivity index (χ0n) is 4.39. The summed E-state index contributed by atoms with van der Waals surface area (Å²) in [6.07, 6.45) is 5.98. The average molecular weight is 92.9 g/mol. The zero-order chi connectivity index (χ0) is 5.11. The van der Waals surface area contributed by atoms with Crippen molar-refractivity contribution in [3.63, 3.8) is 0 Å². The van der Waals surface area contributed by atoms with Gasteiger partial charge in [-0.1, -0.05) is 18.9 Å². The molecule has 0 aliphatic carbocycles. The highest BCUT2D eigenvalue weighted by Gasteiger charge is 1.97. The molecule has 1 aliphatic rings. The van der Waals surface area contributed by atoms with Crippen molar-refractivity contribution in [2.45, 2.75) is 6.82 Å². The lowest BCUT2D eigenvalue weighted by Gasteiger charge is -2.02. The Balaban J connectivity index is 2.49. The minimum absolute atomic E-state index is 0.519. The fourth-order valence-electron chi connectivity index (χ4n) is 0.549. The minimum atomic E-state index is 0.519. The lowest BCUT2D eigenvalue weighted by molar-refractivity contribution is 1.31. The Morgan fingerprint density at radius 2 is 2.29 bits per heavy atom. The molecule has 0 atom stereocenters. The molecule has 0 saturated heterocycles. The van der Waals surface area contributed by atoms with Crippen molar-refractivity contribution in [2.75, 3.05) is 0 Å². The van der Waals surface area contributed by atoms with Crippen LogP contribution in [0.1, 0.15) is 0 Å². The Kier molecular flexibility index (Phi) is 1.20. The van der Waals surface area contributed by atoms with Crippen molar-refractivity contribution in [1.82, 2.24) is 5.23 Å². The van der Waals surface area contributed by atoms with E-state index in [1.807, 2.05) is 18.4 Å². The van der Waals surface area contributed by atoms with Gasteiger partial charge in [0, 0.05) is 0 Å². The Labute approximate surface area is 44.2 Å². The van der Waals surface area contributed by atoms with Crippen LogP contribution in [0.2, 0.25) is 6.82 Å². The highest BCUT2D eigenvalue weighted by Crippen LogP contribution is 1.86. The van der Waals surface area contributed by atoms with Crippen LogP contribution in [0.3, 0.4) is 0 Å². The van der Waals surface area contributed by atoms with E-state index in [2.05, 4.69) is 18.0 Å². The number of rotatable bonds is 0. The third-order valence-electron chi connectivity index (χ3n) is 0.966. The first kappa shape index (κ1) is 4.50. The van der Waals surface area contributed by atoms with E-state index in [-0.39, 0.29) is 0 Å². The number of hydrogen-bond acceptors (Lipinski definition) is 1. The van der Waals surface area contributed by atoms with Gasteiger partial charge in [-0.25, -0.2) is 0 Å². The molecule has 1 rings (SSSR count). The topological polar surface area (TPSA) is 12.0 Å². The smallest absolute Gasteiger partial charge is 0.274 e. The van der Waals surface area contributed by atoms with E-state index in [0.717, 1.165) is 0 Å². The molecule has 36 valence electrons. The molecule has 0 radical (unpaired) electrons. The third-order valence-corrected chi connectivity index (χ3v) is 0.966. The standard InChI is InChI=1S/C5H8BN/c1-6-4-2-3-5-7-6/h2-5,7H,1H3. The Morgan fingerprint density at radius 1 is 1.43 bits per heavy atom. The van der Waals surface area contributed by atoms with Gasteiger partial charge in [0.25, 0.3) is 6.85 Å². The molecular weight excluding hydrogens is 84.9 g/mol. The van der Waals surface area contributed by atoms with Crippen LogP contribution in [0.25, 0.3) is 0 Å². The first-order valence-corrected chi connectivity index (χ1v) is 2.49. The Morgan fingerprint density at radius 3 is 2.57 bits per heavy atom. The molecule has 1 N–H and O–H groups in total. The second kappa shape index (κ2) is 1.87. The number of nitrogens with one attached hydrogen (secondary N) is 1. The molecule has 0 unspecified atom stereocenters. The molecule has 0 fully saturated rings.